The molecule has 1 rings (SSSR count). The van der Waals surface area contributed by atoms with Crippen LogP contribution in [0.2, 0.25) is 0 Å². The summed E-state index contributed by atoms with van der Waals surface area (Å²) in [7, 11) is 0. The maximum absolute atomic E-state index is 11.7. The molecule has 2 unspecified atom stereocenters. The highest BCUT2D eigenvalue weighted by molar-refractivity contribution is 5.75. The molecule has 0 spiro atoms. The van der Waals surface area contributed by atoms with E-state index < -0.39 is 5.97 Å². The fraction of sp³-hybridized carbons (Fsp3) is 0.846. The first kappa shape index (κ1) is 15.8. The summed E-state index contributed by atoms with van der Waals surface area (Å²) in [4.78, 5) is 22.4. The average molecular weight is 272 g/mol. The van der Waals surface area contributed by atoms with Crippen LogP contribution in [0.15, 0.2) is 0 Å². The van der Waals surface area contributed by atoms with E-state index in [1.54, 1.807) is 0 Å². The SMILES string of the molecule is CCCC(CC(=O)O)NC(=O)NCC1CCCOC1. The van der Waals surface area contributed by atoms with Crippen LogP contribution in [-0.2, 0) is 9.53 Å². The lowest BCUT2D eigenvalue weighted by Gasteiger charge is -2.23. The molecule has 6 nitrogen and oxygen atoms in total. The minimum absolute atomic E-state index is 0.0339. The molecule has 110 valence electrons. The number of aliphatic carboxylic acids is 1. The summed E-state index contributed by atoms with van der Waals surface area (Å²) in [6.07, 6.45) is 3.58. The van der Waals surface area contributed by atoms with Gasteiger partial charge in [0.05, 0.1) is 13.0 Å². The standard InChI is InChI=1S/C13H24N2O4/c1-2-4-11(7-12(16)17)15-13(18)14-8-10-5-3-6-19-9-10/h10-11H,2-9H2,1H3,(H,16,17)(H2,14,15,18). The van der Waals surface area contributed by atoms with Crippen molar-refractivity contribution in [2.75, 3.05) is 19.8 Å². The number of carboxylic acids is 1. The molecule has 0 aliphatic carbocycles. The molecule has 1 aliphatic rings. The van der Waals surface area contributed by atoms with Crippen LogP contribution in [0.5, 0.6) is 0 Å². The molecule has 0 aromatic heterocycles. The van der Waals surface area contributed by atoms with Crippen LogP contribution in [0.25, 0.3) is 0 Å². The molecule has 0 saturated carbocycles. The predicted molar refractivity (Wildman–Crippen MR) is 71.0 cm³/mol. The van der Waals surface area contributed by atoms with Crippen LogP contribution >= 0.6 is 0 Å². The zero-order valence-corrected chi connectivity index (χ0v) is 11.5. The first-order valence-corrected chi connectivity index (χ1v) is 6.95. The van der Waals surface area contributed by atoms with Crippen LogP contribution in [0.4, 0.5) is 4.79 Å². The largest absolute Gasteiger partial charge is 0.481 e. The van der Waals surface area contributed by atoms with Crippen molar-refractivity contribution < 1.29 is 19.4 Å². The highest BCUT2D eigenvalue weighted by Crippen LogP contribution is 2.12. The fourth-order valence-corrected chi connectivity index (χ4v) is 2.23. The molecule has 1 aliphatic heterocycles. The Bertz CT molecular complexity index is 290. The second-order valence-corrected chi connectivity index (χ2v) is 5.02. The van der Waals surface area contributed by atoms with Gasteiger partial charge in [-0.25, -0.2) is 4.79 Å². The van der Waals surface area contributed by atoms with Gasteiger partial charge < -0.3 is 20.5 Å². The van der Waals surface area contributed by atoms with Crippen LogP contribution in [0.1, 0.15) is 39.0 Å². The Labute approximate surface area is 113 Å². The molecule has 0 aromatic rings. The summed E-state index contributed by atoms with van der Waals surface area (Å²) in [6.45, 7) is 4.04. The quantitative estimate of drug-likeness (QED) is 0.653. The molecule has 6 heteroatoms. The minimum Gasteiger partial charge on any atom is -0.481 e. The maximum Gasteiger partial charge on any atom is 0.315 e. The third-order valence-electron chi connectivity index (χ3n) is 3.20. The van der Waals surface area contributed by atoms with Gasteiger partial charge in [-0.05, 0) is 25.2 Å². The third-order valence-corrected chi connectivity index (χ3v) is 3.20. The van der Waals surface area contributed by atoms with E-state index in [-0.39, 0.29) is 18.5 Å². The second-order valence-electron chi connectivity index (χ2n) is 5.02. The molecular formula is C13H24N2O4. The molecule has 19 heavy (non-hydrogen) atoms. The van der Waals surface area contributed by atoms with Crippen molar-refractivity contribution in [2.24, 2.45) is 5.92 Å². The van der Waals surface area contributed by atoms with Crippen molar-refractivity contribution in [1.82, 2.24) is 10.6 Å². The first-order chi connectivity index (χ1) is 9.11. The van der Waals surface area contributed by atoms with Gasteiger partial charge in [0.1, 0.15) is 0 Å². The summed E-state index contributed by atoms with van der Waals surface area (Å²) in [5.41, 5.74) is 0. The summed E-state index contributed by atoms with van der Waals surface area (Å²) < 4.78 is 5.34. The topological polar surface area (TPSA) is 87.7 Å². The number of nitrogens with one attached hydrogen (secondary N) is 2. The molecule has 3 N–H and O–H groups in total. The van der Waals surface area contributed by atoms with E-state index in [1.807, 2.05) is 6.92 Å². The van der Waals surface area contributed by atoms with Crippen molar-refractivity contribution in [2.45, 2.75) is 45.1 Å². The lowest BCUT2D eigenvalue weighted by molar-refractivity contribution is -0.137. The van der Waals surface area contributed by atoms with Crippen molar-refractivity contribution in [3.8, 4) is 0 Å². The van der Waals surface area contributed by atoms with Gasteiger partial charge in [-0.3, -0.25) is 4.79 Å². The van der Waals surface area contributed by atoms with Crippen LogP contribution < -0.4 is 10.6 Å². The van der Waals surface area contributed by atoms with Crippen molar-refractivity contribution in [1.29, 1.82) is 0 Å². The van der Waals surface area contributed by atoms with E-state index in [2.05, 4.69) is 10.6 Å². The number of ether oxygens (including phenoxy) is 1. The highest BCUT2D eigenvalue weighted by atomic mass is 16.5. The molecule has 1 saturated heterocycles. The van der Waals surface area contributed by atoms with Gasteiger partial charge >= 0.3 is 12.0 Å². The second kappa shape index (κ2) is 8.74. The lowest BCUT2D eigenvalue weighted by atomic mass is 10.0. The van der Waals surface area contributed by atoms with E-state index in [0.29, 0.717) is 25.5 Å². The zero-order valence-electron chi connectivity index (χ0n) is 11.5. The van der Waals surface area contributed by atoms with Crippen LogP contribution in [-0.4, -0.2) is 42.9 Å². The predicted octanol–water partition coefficient (Wildman–Crippen LogP) is 1.36. The number of hydrogen-bond donors (Lipinski definition) is 3. The van der Waals surface area contributed by atoms with E-state index >= 15 is 0 Å². The Hall–Kier alpha value is -1.30. The maximum atomic E-state index is 11.7. The Morgan fingerprint density at radius 3 is 2.84 bits per heavy atom. The van der Waals surface area contributed by atoms with E-state index in [9.17, 15) is 9.59 Å². The zero-order chi connectivity index (χ0) is 14.1. The lowest BCUT2D eigenvalue weighted by Crippen LogP contribution is -2.45. The van der Waals surface area contributed by atoms with Crippen LogP contribution in [0, 0.1) is 5.92 Å². The number of carbonyl (C=O) groups excluding carboxylic acids is 1. The highest BCUT2D eigenvalue weighted by Gasteiger charge is 2.17. The smallest absolute Gasteiger partial charge is 0.315 e. The van der Waals surface area contributed by atoms with Crippen molar-refractivity contribution in [3.05, 3.63) is 0 Å². The van der Waals surface area contributed by atoms with Gasteiger partial charge in [0, 0.05) is 19.2 Å². The molecule has 2 amide bonds. The third kappa shape index (κ3) is 7.00. The molecule has 0 aromatic carbocycles. The van der Waals surface area contributed by atoms with Gasteiger partial charge in [0.25, 0.3) is 0 Å². The fourth-order valence-electron chi connectivity index (χ4n) is 2.23. The summed E-state index contributed by atoms with van der Waals surface area (Å²) in [5, 5.41) is 14.3. The number of rotatable bonds is 7. The van der Waals surface area contributed by atoms with Crippen LogP contribution in [0.3, 0.4) is 0 Å². The molecular weight excluding hydrogens is 248 g/mol. The number of urea groups is 1. The van der Waals surface area contributed by atoms with Gasteiger partial charge in [-0.15, -0.1) is 0 Å². The molecule has 1 fully saturated rings. The Morgan fingerprint density at radius 2 is 2.26 bits per heavy atom. The van der Waals surface area contributed by atoms with Gasteiger partial charge in [-0.2, -0.15) is 0 Å². The molecule has 1 heterocycles. The minimum atomic E-state index is -0.889. The molecule has 0 bridgehead atoms. The Morgan fingerprint density at radius 1 is 1.47 bits per heavy atom. The summed E-state index contributed by atoms with van der Waals surface area (Å²) in [6, 6.07) is -0.588. The van der Waals surface area contributed by atoms with Gasteiger partial charge in [0.2, 0.25) is 0 Å². The van der Waals surface area contributed by atoms with E-state index in [0.717, 1.165) is 25.9 Å². The average Bonchev–Trinajstić information content (AvgIpc) is 2.37. The van der Waals surface area contributed by atoms with Gasteiger partial charge in [0.15, 0.2) is 0 Å². The number of carbonyl (C=O) groups is 2. The van der Waals surface area contributed by atoms with Crippen molar-refractivity contribution in [3.63, 3.8) is 0 Å². The number of amides is 2. The Kier molecular flexibility index (Phi) is 7.25. The summed E-state index contributed by atoms with van der Waals surface area (Å²) in [5.74, 6) is -0.525. The van der Waals surface area contributed by atoms with E-state index in [1.165, 1.54) is 0 Å². The monoisotopic (exact) mass is 272 g/mol. The van der Waals surface area contributed by atoms with E-state index in [4.69, 9.17) is 9.84 Å². The van der Waals surface area contributed by atoms with Crippen molar-refractivity contribution >= 4 is 12.0 Å². The summed E-state index contributed by atoms with van der Waals surface area (Å²) >= 11 is 0. The first-order valence-electron chi connectivity index (χ1n) is 6.95. The molecule has 0 radical (unpaired) electrons. The molecule has 2 atom stereocenters. The number of hydrogen-bond acceptors (Lipinski definition) is 3. The normalized spacial score (nSPS) is 20.6. The Balaban J connectivity index is 2.24. The van der Waals surface area contributed by atoms with Gasteiger partial charge in [-0.1, -0.05) is 13.3 Å². The number of carboxylic acid groups (broad SMARTS) is 1.